The monoisotopic (exact) mass is 426 g/mol. The smallest absolute Gasteiger partial charge is 0.378 e. The van der Waals surface area contributed by atoms with Gasteiger partial charge in [0.05, 0.1) is 11.7 Å². The molecular weight excluding hydrogens is 392 g/mol. The summed E-state index contributed by atoms with van der Waals surface area (Å²) >= 11 is 0. The predicted molar refractivity (Wildman–Crippen MR) is 110 cm³/mol. The van der Waals surface area contributed by atoms with Crippen molar-refractivity contribution >= 4 is 0 Å². The Balaban J connectivity index is 1.30. The predicted octanol–water partition coefficient (Wildman–Crippen LogP) is 7.74. The largest absolute Gasteiger partial charge is 0.419 e. The van der Waals surface area contributed by atoms with Crippen LogP contribution in [0.25, 0.3) is 0 Å². The van der Waals surface area contributed by atoms with Gasteiger partial charge in [-0.25, -0.2) is 4.39 Å². The van der Waals surface area contributed by atoms with Crippen LogP contribution >= 0.6 is 0 Å². The zero-order valence-electron chi connectivity index (χ0n) is 17.9. The van der Waals surface area contributed by atoms with Crippen molar-refractivity contribution in [1.82, 2.24) is 0 Å². The third kappa shape index (κ3) is 4.87. The first-order valence-electron chi connectivity index (χ1n) is 11.8. The highest BCUT2D eigenvalue weighted by Gasteiger charge is 2.39. The summed E-state index contributed by atoms with van der Waals surface area (Å²) in [6.07, 6.45) is 7.72. The van der Waals surface area contributed by atoms with E-state index in [1.807, 2.05) is 0 Å². The number of halogens is 4. The lowest BCUT2D eigenvalue weighted by Crippen LogP contribution is -2.36. The average molecular weight is 427 g/mol. The fourth-order valence-corrected chi connectivity index (χ4v) is 6.64. The first-order valence-corrected chi connectivity index (χ1v) is 11.8. The standard InChI is InChI=1S/C25H34F4O/c1-2-30-22-11-9-19-13-18(7-8-20(19)14-22)16-3-5-17(6-4-16)21-10-12-23(24(26)15-21)25(27,28)29/h10,12,15-20,22H,2-9,11,13-14H2,1H3. The molecule has 0 heterocycles. The minimum Gasteiger partial charge on any atom is -0.378 e. The van der Waals surface area contributed by atoms with E-state index in [1.54, 1.807) is 0 Å². The summed E-state index contributed by atoms with van der Waals surface area (Å²) in [6.45, 7) is 2.90. The van der Waals surface area contributed by atoms with Crippen LogP contribution in [0.5, 0.6) is 0 Å². The molecule has 1 aromatic carbocycles. The van der Waals surface area contributed by atoms with Crippen LogP contribution < -0.4 is 0 Å². The minimum atomic E-state index is -4.62. The van der Waals surface area contributed by atoms with E-state index >= 15 is 0 Å². The van der Waals surface area contributed by atoms with Gasteiger partial charge in [0.1, 0.15) is 5.82 Å². The Labute approximate surface area is 177 Å². The molecular formula is C25H34F4O. The molecule has 5 heteroatoms. The van der Waals surface area contributed by atoms with E-state index in [9.17, 15) is 17.6 Å². The second-order valence-corrected chi connectivity index (χ2v) is 9.83. The summed E-state index contributed by atoms with van der Waals surface area (Å²) in [6, 6.07) is 3.52. The lowest BCUT2D eigenvalue weighted by atomic mass is 9.62. The van der Waals surface area contributed by atoms with Crippen LogP contribution in [-0.2, 0) is 10.9 Å². The van der Waals surface area contributed by atoms with Gasteiger partial charge in [-0.1, -0.05) is 6.07 Å². The Kier molecular flexibility index (Phi) is 6.76. The summed E-state index contributed by atoms with van der Waals surface area (Å²) < 4.78 is 58.3. The number of fused-ring (bicyclic) bond motifs is 1. The molecule has 1 aromatic rings. The Morgan fingerprint density at radius 1 is 0.833 bits per heavy atom. The van der Waals surface area contributed by atoms with Gasteiger partial charge in [0, 0.05) is 6.61 Å². The summed E-state index contributed by atoms with van der Waals surface area (Å²) in [5, 5.41) is 0. The summed E-state index contributed by atoms with van der Waals surface area (Å²) in [5.74, 6) is 2.26. The van der Waals surface area contributed by atoms with Crippen molar-refractivity contribution in [2.24, 2.45) is 23.7 Å². The summed E-state index contributed by atoms with van der Waals surface area (Å²) in [7, 11) is 0. The lowest BCUT2D eigenvalue weighted by molar-refractivity contribution is -0.140. The van der Waals surface area contributed by atoms with Gasteiger partial charge in [0.15, 0.2) is 0 Å². The lowest BCUT2D eigenvalue weighted by Gasteiger charge is -2.45. The van der Waals surface area contributed by atoms with Gasteiger partial charge in [0.2, 0.25) is 0 Å². The van der Waals surface area contributed by atoms with Gasteiger partial charge in [-0.05, 0) is 118 Å². The molecule has 1 nitrogen and oxygen atoms in total. The highest BCUT2D eigenvalue weighted by molar-refractivity contribution is 5.29. The molecule has 168 valence electrons. The maximum Gasteiger partial charge on any atom is 0.419 e. The molecule has 0 aliphatic heterocycles. The topological polar surface area (TPSA) is 9.23 Å². The molecule has 3 fully saturated rings. The van der Waals surface area contributed by atoms with Crippen LogP contribution in [0.15, 0.2) is 18.2 Å². The number of hydrogen-bond acceptors (Lipinski definition) is 1. The molecule has 0 N–H and O–H groups in total. The van der Waals surface area contributed by atoms with E-state index in [4.69, 9.17) is 4.74 Å². The van der Waals surface area contributed by atoms with Crippen LogP contribution in [0.1, 0.15) is 88.2 Å². The van der Waals surface area contributed by atoms with Crippen molar-refractivity contribution in [1.29, 1.82) is 0 Å². The van der Waals surface area contributed by atoms with E-state index < -0.39 is 17.6 Å². The van der Waals surface area contributed by atoms with E-state index in [0.717, 1.165) is 73.7 Å². The second kappa shape index (κ2) is 9.18. The third-order valence-electron chi connectivity index (χ3n) is 8.22. The number of alkyl halides is 3. The molecule has 4 unspecified atom stereocenters. The SMILES string of the molecule is CCOC1CCC2CC(C3CCC(c4ccc(C(F)(F)F)c(F)c4)CC3)CCC2C1. The van der Waals surface area contributed by atoms with Crippen molar-refractivity contribution in [2.75, 3.05) is 6.61 Å². The highest BCUT2D eigenvalue weighted by Crippen LogP contribution is 2.49. The van der Waals surface area contributed by atoms with Crippen LogP contribution in [0, 0.1) is 29.5 Å². The Hall–Kier alpha value is -1.10. The van der Waals surface area contributed by atoms with Gasteiger partial charge < -0.3 is 4.74 Å². The average Bonchev–Trinajstić information content (AvgIpc) is 2.73. The maximum atomic E-state index is 14.0. The third-order valence-corrected chi connectivity index (χ3v) is 8.22. The zero-order chi connectivity index (χ0) is 21.3. The fourth-order valence-electron chi connectivity index (χ4n) is 6.64. The molecule has 0 bridgehead atoms. The van der Waals surface area contributed by atoms with E-state index in [0.29, 0.717) is 6.10 Å². The van der Waals surface area contributed by atoms with Gasteiger partial charge >= 0.3 is 6.18 Å². The first kappa shape index (κ1) is 22.1. The van der Waals surface area contributed by atoms with Crippen molar-refractivity contribution in [3.63, 3.8) is 0 Å². The van der Waals surface area contributed by atoms with Crippen molar-refractivity contribution in [2.45, 2.75) is 89.3 Å². The zero-order valence-corrected chi connectivity index (χ0v) is 17.9. The molecule has 3 aliphatic rings. The first-order chi connectivity index (χ1) is 14.3. The van der Waals surface area contributed by atoms with Gasteiger partial charge in [-0.3, -0.25) is 0 Å². The van der Waals surface area contributed by atoms with Gasteiger partial charge in [-0.15, -0.1) is 0 Å². The molecule has 0 aromatic heterocycles. The Morgan fingerprint density at radius 3 is 2.07 bits per heavy atom. The molecule has 4 atom stereocenters. The molecule has 3 aliphatic carbocycles. The molecule has 4 rings (SSSR count). The second-order valence-electron chi connectivity index (χ2n) is 9.83. The minimum absolute atomic E-state index is 0.191. The molecule has 0 spiro atoms. The van der Waals surface area contributed by atoms with Gasteiger partial charge in [-0.2, -0.15) is 13.2 Å². The fraction of sp³-hybridized carbons (Fsp3) is 0.760. The highest BCUT2D eigenvalue weighted by atomic mass is 19.4. The van der Waals surface area contributed by atoms with E-state index in [-0.39, 0.29) is 5.92 Å². The summed E-state index contributed by atoms with van der Waals surface area (Å²) in [5.41, 5.74) is -0.423. The van der Waals surface area contributed by atoms with E-state index in [1.165, 1.54) is 44.6 Å². The molecule has 0 saturated heterocycles. The van der Waals surface area contributed by atoms with Crippen LogP contribution in [0.4, 0.5) is 17.6 Å². The summed E-state index contributed by atoms with van der Waals surface area (Å²) in [4.78, 5) is 0. The molecule has 0 amide bonds. The Bertz CT molecular complexity index is 708. The number of rotatable bonds is 4. The van der Waals surface area contributed by atoms with Crippen LogP contribution in [-0.4, -0.2) is 12.7 Å². The molecule has 3 saturated carbocycles. The molecule has 30 heavy (non-hydrogen) atoms. The van der Waals surface area contributed by atoms with Crippen molar-refractivity contribution in [3.05, 3.63) is 35.1 Å². The number of hydrogen-bond donors (Lipinski definition) is 0. The Morgan fingerprint density at radius 2 is 1.43 bits per heavy atom. The molecule has 0 radical (unpaired) electrons. The number of ether oxygens (including phenoxy) is 1. The van der Waals surface area contributed by atoms with E-state index in [2.05, 4.69) is 6.92 Å². The van der Waals surface area contributed by atoms with Crippen molar-refractivity contribution < 1.29 is 22.3 Å². The maximum absolute atomic E-state index is 14.0. The normalized spacial score (nSPS) is 35.1. The number of benzene rings is 1. The quantitative estimate of drug-likeness (QED) is 0.447. The van der Waals surface area contributed by atoms with Crippen LogP contribution in [0.3, 0.4) is 0 Å². The van der Waals surface area contributed by atoms with Gasteiger partial charge in [0.25, 0.3) is 0 Å². The van der Waals surface area contributed by atoms with Crippen molar-refractivity contribution in [3.8, 4) is 0 Å². The van der Waals surface area contributed by atoms with Crippen LogP contribution in [0.2, 0.25) is 0 Å².